The number of hydrogen-bond acceptors (Lipinski definition) is 4. The molecule has 7 nitrogen and oxygen atoms in total. The van der Waals surface area contributed by atoms with Crippen LogP contribution in [-0.2, 0) is 11.3 Å². The summed E-state index contributed by atoms with van der Waals surface area (Å²) in [5, 5.41) is 0. The van der Waals surface area contributed by atoms with Crippen LogP contribution in [0.25, 0.3) is 0 Å². The van der Waals surface area contributed by atoms with Crippen molar-refractivity contribution in [3.8, 4) is 0 Å². The maximum Gasteiger partial charge on any atom is 0.410 e. The first-order valence-electron chi connectivity index (χ1n) is 9.66. The summed E-state index contributed by atoms with van der Waals surface area (Å²) < 4.78 is 7.21. The Labute approximate surface area is 159 Å². The molecular weight excluding hydrogens is 346 g/mol. The molecule has 1 aromatic heterocycles. The number of carbonyl (C=O) groups is 2. The fourth-order valence-electron chi connectivity index (χ4n) is 3.93. The topological polar surface area (TPSA) is 71.9 Å². The lowest BCUT2D eigenvalue weighted by Gasteiger charge is -2.38. The molecular formula is C20H29N3O4. The smallest absolute Gasteiger partial charge is 0.410 e. The van der Waals surface area contributed by atoms with Crippen molar-refractivity contribution in [3.63, 3.8) is 0 Å². The predicted molar refractivity (Wildman–Crippen MR) is 102 cm³/mol. The summed E-state index contributed by atoms with van der Waals surface area (Å²) in [6.45, 7) is 8.00. The molecule has 0 N–H and O–H groups in total. The lowest BCUT2D eigenvalue weighted by molar-refractivity contribution is -0.00533. The Bertz CT molecular complexity index is 801. The Hall–Kier alpha value is -2.31. The lowest BCUT2D eigenvalue weighted by Crippen LogP contribution is -2.53. The molecule has 27 heavy (non-hydrogen) atoms. The number of pyridine rings is 1. The molecule has 0 aliphatic carbocycles. The largest absolute Gasteiger partial charge is 0.439 e. The summed E-state index contributed by atoms with van der Waals surface area (Å²) in [5.74, 6) is 0.217. The summed E-state index contributed by atoms with van der Waals surface area (Å²) in [7, 11) is 1.70. The van der Waals surface area contributed by atoms with E-state index in [1.165, 1.54) is 0 Å². The Balaban J connectivity index is 1.84. The van der Waals surface area contributed by atoms with E-state index in [0.29, 0.717) is 37.7 Å². The van der Waals surface area contributed by atoms with Gasteiger partial charge < -0.3 is 19.1 Å². The molecule has 0 saturated carbocycles. The summed E-state index contributed by atoms with van der Waals surface area (Å²) in [4.78, 5) is 41.2. The average Bonchev–Trinajstić information content (AvgIpc) is 2.87. The normalized spacial score (nSPS) is 22.6. The van der Waals surface area contributed by atoms with E-state index in [0.717, 1.165) is 19.3 Å². The molecule has 0 aromatic carbocycles. The Morgan fingerprint density at radius 2 is 2.04 bits per heavy atom. The van der Waals surface area contributed by atoms with E-state index < -0.39 is 5.60 Å². The zero-order chi connectivity index (χ0) is 19.8. The van der Waals surface area contributed by atoms with Gasteiger partial charge in [0.1, 0.15) is 11.2 Å². The number of aromatic nitrogens is 1. The van der Waals surface area contributed by atoms with Crippen molar-refractivity contribution < 1.29 is 14.3 Å². The zero-order valence-corrected chi connectivity index (χ0v) is 16.7. The van der Waals surface area contributed by atoms with Gasteiger partial charge in [-0.2, -0.15) is 0 Å². The van der Waals surface area contributed by atoms with Crippen LogP contribution in [0.2, 0.25) is 0 Å². The van der Waals surface area contributed by atoms with Crippen LogP contribution in [0.3, 0.4) is 0 Å². The molecule has 148 valence electrons. The fraction of sp³-hybridized carbons (Fsp3) is 0.650. The highest BCUT2D eigenvalue weighted by atomic mass is 16.6. The molecule has 1 aromatic rings. The number of nitrogens with zero attached hydrogens (tertiary/aromatic N) is 3. The molecule has 1 unspecified atom stereocenters. The minimum atomic E-state index is -0.654. The third kappa shape index (κ3) is 3.87. The predicted octanol–water partition coefficient (Wildman–Crippen LogP) is 2.26. The molecule has 3 rings (SSSR count). The SMILES string of the molecule is Cc1ccn(CCC(C)C)c(=O)c1C(=O)N1CCCC2(CN(C)C(=O)O2)C1. The van der Waals surface area contributed by atoms with Crippen molar-refractivity contribution in [1.29, 1.82) is 0 Å². The third-order valence-electron chi connectivity index (χ3n) is 5.50. The molecule has 3 heterocycles. The number of aryl methyl sites for hydroxylation is 2. The molecule has 2 aliphatic rings. The average molecular weight is 375 g/mol. The molecule has 1 atom stereocenters. The van der Waals surface area contributed by atoms with Crippen LogP contribution in [0.4, 0.5) is 4.79 Å². The van der Waals surface area contributed by atoms with Crippen LogP contribution in [0.5, 0.6) is 0 Å². The molecule has 0 radical (unpaired) electrons. The number of rotatable bonds is 4. The quantitative estimate of drug-likeness (QED) is 0.809. The van der Waals surface area contributed by atoms with E-state index >= 15 is 0 Å². The van der Waals surface area contributed by atoms with Gasteiger partial charge in [0.05, 0.1) is 13.1 Å². The zero-order valence-electron chi connectivity index (χ0n) is 16.7. The molecule has 2 amide bonds. The van der Waals surface area contributed by atoms with Gasteiger partial charge in [-0.25, -0.2) is 4.79 Å². The molecule has 1 spiro atoms. The second kappa shape index (κ2) is 7.37. The Kier molecular flexibility index (Phi) is 5.31. The van der Waals surface area contributed by atoms with Crippen LogP contribution in [0.1, 0.15) is 49.0 Å². The van der Waals surface area contributed by atoms with E-state index in [2.05, 4.69) is 13.8 Å². The van der Waals surface area contributed by atoms with Crippen molar-refractivity contribution in [1.82, 2.24) is 14.4 Å². The van der Waals surface area contributed by atoms with Crippen LogP contribution in [-0.4, -0.2) is 58.7 Å². The summed E-state index contributed by atoms with van der Waals surface area (Å²) in [6, 6.07) is 1.83. The highest BCUT2D eigenvalue weighted by Gasteiger charge is 2.47. The van der Waals surface area contributed by atoms with Gasteiger partial charge in [0.15, 0.2) is 0 Å². The van der Waals surface area contributed by atoms with Crippen molar-refractivity contribution in [2.75, 3.05) is 26.7 Å². The highest BCUT2D eigenvalue weighted by Crippen LogP contribution is 2.32. The van der Waals surface area contributed by atoms with Gasteiger partial charge in [-0.15, -0.1) is 0 Å². The number of piperidine rings is 1. The highest BCUT2D eigenvalue weighted by molar-refractivity contribution is 5.95. The lowest BCUT2D eigenvalue weighted by atomic mass is 9.92. The minimum absolute atomic E-state index is 0.232. The van der Waals surface area contributed by atoms with E-state index in [4.69, 9.17) is 4.74 Å². The fourth-order valence-corrected chi connectivity index (χ4v) is 3.93. The number of carbonyl (C=O) groups excluding carboxylic acids is 2. The maximum atomic E-state index is 13.2. The minimum Gasteiger partial charge on any atom is -0.439 e. The van der Waals surface area contributed by atoms with Crippen molar-refractivity contribution >= 4 is 12.0 Å². The van der Waals surface area contributed by atoms with Gasteiger partial charge in [0.25, 0.3) is 11.5 Å². The summed E-state index contributed by atoms with van der Waals surface area (Å²) >= 11 is 0. The van der Waals surface area contributed by atoms with E-state index in [9.17, 15) is 14.4 Å². The van der Waals surface area contributed by atoms with Crippen LogP contribution in [0, 0.1) is 12.8 Å². The second-order valence-corrected chi connectivity index (χ2v) is 8.29. The van der Waals surface area contributed by atoms with Gasteiger partial charge in [-0.05, 0) is 43.7 Å². The van der Waals surface area contributed by atoms with Crippen LogP contribution >= 0.6 is 0 Å². The van der Waals surface area contributed by atoms with Gasteiger partial charge in [-0.3, -0.25) is 9.59 Å². The van der Waals surface area contributed by atoms with Gasteiger partial charge in [0.2, 0.25) is 0 Å². The number of ether oxygens (including phenoxy) is 1. The van der Waals surface area contributed by atoms with Gasteiger partial charge >= 0.3 is 6.09 Å². The van der Waals surface area contributed by atoms with Gasteiger partial charge in [0, 0.05) is 26.3 Å². The standard InChI is InChI=1S/C20H29N3O4/c1-14(2)6-10-22-11-7-15(3)16(17(22)24)18(25)23-9-5-8-20(13-23)12-21(4)19(26)27-20/h7,11,14H,5-6,8-10,12-13H2,1-4H3. The second-order valence-electron chi connectivity index (χ2n) is 8.29. The number of hydrogen-bond donors (Lipinski definition) is 0. The first kappa shape index (κ1) is 19.5. The van der Waals surface area contributed by atoms with Gasteiger partial charge in [-0.1, -0.05) is 13.8 Å². The third-order valence-corrected chi connectivity index (χ3v) is 5.50. The monoisotopic (exact) mass is 375 g/mol. The van der Waals surface area contributed by atoms with Crippen molar-refractivity contribution in [2.24, 2.45) is 5.92 Å². The number of likely N-dealkylation sites (tertiary alicyclic amines) is 1. The molecule has 0 bridgehead atoms. The molecule has 2 fully saturated rings. The number of likely N-dealkylation sites (N-methyl/N-ethyl adjacent to an activating group) is 1. The molecule has 2 saturated heterocycles. The van der Waals surface area contributed by atoms with E-state index in [1.807, 2.05) is 6.07 Å². The Morgan fingerprint density at radius 1 is 1.30 bits per heavy atom. The summed E-state index contributed by atoms with van der Waals surface area (Å²) in [5.41, 5.74) is 0.0294. The van der Waals surface area contributed by atoms with Crippen molar-refractivity contribution in [2.45, 2.75) is 52.2 Å². The number of amides is 2. The van der Waals surface area contributed by atoms with E-state index in [-0.39, 0.29) is 23.1 Å². The van der Waals surface area contributed by atoms with Crippen molar-refractivity contribution in [3.05, 3.63) is 33.7 Å². The summed E-state index contributed by atoms with van der Waals surface area (Å²) in [6.07, 6.45) is 3.78. The maximum absolute atomic E-state index is 13.2. The molecule has 2 aliphatic heterocycles. The van der Waals surface area contributed by atoms with Crippen LogP contribution in [0.15, 0.2) is 17.1 Å². The molecule has 7 heteroatoms. The van der Waals surface area contributed by atoms with Crippen LogP contribution < -0.4 is 5.56 Å². The Morgan fingerprint density at radius 3 is 2.67 bits per heavy atom. The first-order chi connectivity index (χ1) is 12.7. The first-order valence-corrected chi connectivity index (χ1v) is 9.66. The van der Waals surface area contributed by atoms with E-state index in [1.54, 1.807) is 34.5 Å².